The molecule has 110 valence electrons. The zero-order chi connectivity index (χ0) is 15.6. The van der Waals surface area contributed by atoms with Crippen LogP contribution in [-0.4, -0.2) is 17.9 Å². The van der Waals surface area contributed by atoms with Crippen molar-refractivity contribution < 1.29 is 13.6 Å². The highest BCUT2D eigenvalue weighted by atomic mass is 79.9. The summed E-state index contributed by atoms with van der Waals surface area (Å²) in [6.45, 7) is 1.85. The summed E-state index contributed by atoms with van der Waals surface area (Å²) in [5.74, 6) is -1.97. The summed E-state index contributed by atoms with van der Waals surface area (Å²) in [6.07, 6.45) is 0. The summed E-state index contributed by atoms with van der Waals surface area (Å²) in [7, 11) is 1.59. The van der Waals surface area contributed by atoms with E-state index < -0.39 is 17.5 Å². The highest BCUT2D eigenvalue weighted by molar-refractivity contribution is 9.10. The van der Waals surface area contributed by atoms with Gasteiger partial charge in [0.15, 0.2) is 0 Å². The normalized spacial score (nSPS) is 10.5. The van der Waals surface area contributed by atoms with Gasteiger partial charge in [-0.05, 0) is 36.2 Å². The van der Waals surface area contributed by atoms with Gasteiger partial charge in [0, 0.05) is 24.1 Å². The molecule has 0 spiro atoms. The molecule has 0 aliphatic heterocycles. The summed E-state index contributed by atoms with van der Waals surface area (Å²) < 4.78 is 27.9. The molecule has 0 saturated carbocycles. The highest BCUT2D eigenvalue weighted by Gasteiger charge is 2.18. The maximum absolute atomic E-state index is 13.7. The van der Waals surface area contributed by atoms with Crippen LogP contribution in [0.2, 0.25) is 0 Å². The van der Waals surface area contributed by atoms with Gasteiger partial charge in [0.2, 0.25) is 0 Å². The lowest BCUT2D eigenvalue weighted by atomic mass is 10.1. The minimum absolute atomic E-state index is 0.117. The van der Waals surface area contributed by atoms with E-state index >= 15 is 0 Å². The Bertz CT molecular complexity index is 671. The van der Waals surface area contributed by atoms with Crippen molar-refractivity contribution in [3.05, 3.63) is 69.2 Å². The standard InChI is InChI=1S/C16H14BrF2NO/c1-10-7-13(15(19)8-14(10)18)16(21)20(2)9-11-3-5-12(17)6-4-11/h3-8H,9H2,1-2H3. The predicted octanol–water partition coefficient (Wildman–Crippen LogP) is 4.31. The molecule has 2 aromatic rings. The summed E-state index contributed by atoms with van der Waals surface area (Å²) in [5, 5.41) is 0. The van der Waals surface area contributed by atoms with E-state index in [4.69, 9.17) is 0 Å². The minimum Gasteiger partial charge on any atom is -0.337 e. The number of hydrogen-bond donors (Lipinski definition) is 0. The molecule has 0 fully saturated rings. The molecule has 0 atom stereocenters. The third kappa shape index (κ3) is 3.67. The first-order valence-electron chi connectivity index (χ1n) is 6.34. The Labute approximate surface area is 130 Å². The van der Waals surface area contributed by atoms with E-state index in [9.17, 15) is 13.6 Å². The molecule has 5 heteroatoms. The molecule has 0 aliphatic carbocycles. The number of aryl methyl sites for hydroxylation is 1. The Morgan fingerprint density at radius 1 is 1.14 bits per heavy atom. The molecule has 0 aromatic heterocycles. The van der Waals surface area contributed by atoms with Crippen molar-refractivity contribution in [3.63, 3.8) is 0 Å². The van der Waals surface area contributed by atoms with E-state index in [-0.39, 0.29) is 11.1 Å². The van der Waals surface area contributed by atoms with E-state index in [2.05, 4.69) is 15.9 Å². The molecular formula is C16H14BrF2NO. The Morgan fingerprint density at radius 2 is 1.76 bits per heavy atom. The van der Waals surface area contributed by atoms with Crippen LogP contribution in [0, 0.1) is 18.6 Å². The van der Waals surface area contributed by atoms with Gasteiger partial charge >= 0.3 is 0 Å². The van der Waals surface area contributed by atoms with Gasteiger partial charge in [0.1, 0.15) is 11.6 Å². The van der Waals surface area contributed by atoms with E-state index in [0.717, 1.165) is 16.1 Å². The maximum atomic E-state index is 13.7. The van der Waals surface area contributed by atoms with Gasteiger partial charge in [0.25, 0.3) is 5.91 Å². The van der Waals surface area contributed by atoms with Crippen LogP contribution in [0.3, 0.4) is 0 Å². The summed E-state index contributed by atoms with van der Waals surface area (Å²) in [5.41, 5.74) is 1.05. The molecule has 0 aliphatic rings. The smallest absolute Gasteiger partial charge is 0.256 e. The number of carbonyl (C=O) groups is 1. The fourth-order valence-electron chi connectivity index (χ4n) is 1.96. The van der Waals surface area contributed by atoms with E-state index in [0.29, 0.717) is 6.54 Å². The van der Waals surface area contributed by atoms with Gasteiger partial charge in [-0.1, -0.05) is 28.1 Å². The fraction of sp³-hybridized carbons (Fsp3) is 0.188. The predicted molar refractivity (Wildman–Crippen MR) is 81.0 cm³/mol. The van der Waals surface area contributed by atoms with Crippen LogP contribution >= 0.6 is 15.9 Å². The van der Waals surface area contributed by atoms with E-state index in [1.807, 2.05) is 24.3 Å². The maximum Gasteiger partial charge on any atom is 0.256 e. The van der Waals surface area contributed by atoms with Crippen molar-refractivity contribution in [1.29, 1.82) is 0 Å². The lowest BCUT2D eigenvalue weighted by Crippen LogP contribution is -2.27. The molecule has 2 aromatic carbocycles. The zero-order valence-electron chi connectivity index (χ0n) is 11.7. The number of halogens is 3. The van der Waals surface area contributed by atoms with Crippen molar-refractivity contribution in [3.8, 4) is 0 Å². The first-order valence-corrected chi connectivity index (χ1v) is 7.13. The third-order valence-corrected chi connectivity index (χ3v) is 3.69. The van der Waals surface area contributed by atoms with Gasteiger partial charge < -0.3 is 4.90 Å². The Hall–Kier alpha value is -1.75. The Balaban J connectivity index is 2.19. The first kappa shape index (κ1) is 15.6. The van der Waals surface area contributed by atoms with Gasteiger partial charge in [-0.15, -0.1) is 0 Å². The lowest BCUT2D eigenvalue weighted by Gasteiger charge is -2.18. The molecule has 0 radical (unpaired) electrons. The van der Waals surface area contributed by atoms with Gasteiger partial charge in [0.05, 0.1) is 5.56 Å². The highest BCUT2D eigenvalue weighted by Crippen LogP contribution is 2.17. The number of carbonyl (C=O) groups excluding carboxylic acids is 1. The van der Waals surface area contributed by atoms with Crippen LogP contribution in [-0.2, 0) is 6.54 Å². The second kappa shape index (κ2) is 6.35. The van der Waals surface area contributed by atoms with Crippen LogP contribution in [0.15, 0.2) is 40.9 Å². The average Bonchev–Trinajstić information content (AvgIpc) is 2.44. The number of benzene rings is 2. The molecule has 21 heavy (non-hydrogen) atoms. The molecule has 0 unspecified atom stereocenters. The van der Waals surface area contributed by atoms with Gasteiger partial charge in [-0.2, -0.15) is 0 Å². The van der Waals surface area contributed by atoms with Crippen molar-refractivity contribution in [2.45, 2.75) is 13.5 Å². The Morgan fingerprint density at radius 3 is 2.38 bits per heavy atom. The average molecular weight is 354 g/mol. The van der Waals surface area contributed by atoms with Crippen LogP contribution < -0.4 is 0 Å². The monoisotopic (exact) mass is 353 g/mol. The summed E-state index contributed by atoms with van der Waals surface area (Å²) >= 11 is 3.34. The largest absolute Gasteiger partial charge is 0.337 e. The number of hydrogen-bond acceptors (Lipinski definition) is 1. The Kier molecular flexibility index (Phi) is 4.73. The number of rotatable bonds is 3. The molecule has 2 rings (SSSR count). The molecule has 0 heterocycles. The molecule has 2 nitrogen and oxygen atoms in total. The summed E-state index contributed by atoms with van der Waals surface area (Å²) in [6, 6.07) is 9.48. The quantitative estimate of drug-likeness (QED) is 0.805. The molecule has 0 saturated heterocycles. The molecule has 1 amide bonds. The van der Waals surface area contributed by atoms with E-state index in [1.54, 1.807) is 7.05 Å². The van der Waals surface area contributed by atoms with Gasteiger partial charge in [-0.25, -0.2) is 8.78 Å². The lowest BCUT2D eigenvalue weighted by molar-refractivity contribution is 0.0780. The van der Waals surface area contributed by atoms with Crippen LogP contribution in [0.1, 0.15) is 21.5 Å². The fourth-order valence-corrected chi connectivity index (χ4v) is 2.23. The number of amides is 1. The second-order valence-corrected chi connectivity index (χ2v) is 5.78. The van der Waals surface area contributed by atoms with Crippen LogP contribution in [0.25, 0.3) is 0 Å². The van der Waals surface area contributed by atoms with Crippen molar-refractivity contribution >= 4 is 21.8 Å². The van der Waals surface area contributed by atoms with Crippen LogP contribution in [0.4, 0.5) is 8.78 Å². The minimum atomic E-state index is -0.842. The first-order chi connectivity index (χ1) is 9.88. The van der Waals surface area contributed by atoms with Gasteiger partial charge in [-0.3, -0.25) is 4.79 Å². The van der Waals surface area contributed by atoms with Crippen LogP contribution in [0.5, 0.6) is 0 Å². The number of nitrogens with zero attached hydrogens (tertiary/aromatic N) is 1. The van der Waals surface area contributed by atoms with Crippen molar-refractivity contribution in [2.75, 3.05) is 7.05 Å². The zero-order valence-corrected chi connectivity index (χ0v) is 13.2. The molecule has 0 N–H and O–H groups in total. The van der Waals surface area contributed by atoms with E-state index in [1.165, 1.54) is 17.9 Å². The third-order valence-electron chi connectivity index (χ3n) is 3.16. The molecule has 0 bridgehead atoms. The SMILES string of the molecule is Cc1cc(C(=O)N(C)Cc2ccc(Br)cc2)c(F)cc1F. The summed E-state index contributed by atoms with van der Waals surface area (Å²) in [4.78, 5) is 13.7. The van der Waals surface area contributed by atoms with Crippen molar-refractivity contribution in [1.82, 2.24) is 4.90 Å². The molecular weight excluding hydrogens is 340 g/mol. The second-order valence-electron chi connectivity index (χ2n) is 4.87. The van der Waals surface area contributed by atoms with Crippen molar-refractivity contribution in [2.24, 2.45) is 0 Å². The topological polar surface area (TPSA) is 20.3 Å².